The molecule has 0 heterocycles. The lowest BCUT2D eigenvalue weighted by Gasteiger charge is -2.32. The van der Waals surface area contributed by atoms with E-state index < -0.39 is 0 Å². The van der Waals surface area contributed by atoms with Gasteiger partial charge in [0, 0.05) is 22.7 Å². The first-order valence-electron chi connectivity index (χ1n) is 6.19. The molecule has 0 fully saturated rings. The fourth-order valence-corrected chi connectivity index (χ4v) is 2.33. The van der Waals surface area contributed by atoms with Gasteiger partial charge < -0.3 is 10.6 Å². The van der Waals surface area contributed by atoms with Gasteiger partial charge >= 0.3 is 0 Å². The molecule has 0 unspecified atom stereocenters. The Bertz CT molecular complexity index is 463. The average molecular weight is 377 g/mol. The highest BCUT2D eigenvalue weighted by Crippen LogP contribution is 2.31. The Morgan fingerprint density at radius 3 is 2.58 bits per heavy atom. The van der Waals surface area contributed by atoms with E-state index in [1.807, 2.05) is 24.0 Å². The number of benzene rings is 1. The molecule has 0 radical (unpaired) electrons. The van der Waals surface area contributed by atoms with Crippen LogP contribution in [-0.2, 0) is 0 Å². The summed E-state index contributed by atoms with van der Waals surface area (Å²) in [4.78, 5) is 12.9. The summed E-state index contributed by atoms with van der Waals surface area (Å²) >= 11 is 2.08. The van der Waals surface area contributed by atoms with E-state index in [9.17, 15) is 10.1 Å². The van der Waals surface area contributed by atoms with E-state index in [0.717, 1.165) is 3.57 Å². The lowest BCUT2D eigenvalue weighted by molar-refractivity contribution is -0.384. The lowest BCUT2D eigenvalue weighted by atomic mass is 9.93. The third-order valence-corrected chi connectivity index (χ3v) is 3.70. The molecule has 0 aliphatic rings. The molecule has 0 aliphatic heterocycles. The van der Waals surface area contributed by atoms with E-state index >= 15 is 0 Å². The number of anilines is 1. The van der Waals surface area contributed by atoms with E-state index in [4.69, 9.17) is 5.73 Å². The molecule has 5 nitrogen and oxygen atoms in total. The summed E-state index contributed by atoms with van der Waals surface area (Å²) in [6.07, 6.45) is 0. The minimum Gasteiger partial charge on any atom is -0.366 e. The van der Waals surface area contributed by atoms with Crippen molar-refractivity contribution in [3.8, 4) is 0 Å². The molecule has 1 aromatic rings. The molecule has 0 saturated carbocycles. The number of halogens is 1. The molecule has 0 saturated heterocycles. The Morgan fingerprint density at radius 2 is 2.11 bits per heavy atom. The maximum absolute atomic E-state index is 11.2. The number of nitro benzene ring substituents is 1. The highest BCUT2D eigenvalue weighted by atomic mass is 127. The van der Waals surface area contributed by atoms with Gasteiger partial charge in [0.1, 0.15) is 5.69 Å². The number of hydrogen-bond donors (Lipinski definition) is 1. The van der Waals surface area contributed by atoms with Crippen LogP contribution in [0.15, 0.2) is 18.2 Å². The minimum atomic E-state index is -0.324. The van der Waals surface area contributed by atoms with Crippen LogP contribution in [0.25, 0.3) is 0 Å². The fourth-order valence-electron chi connectivity index (χ4n) is 1.86. The van der Waals surface area contributed by atoms with Crippen molar-refractivity contribution in [2.24, 2.45) is 11.1 Å². The Labute approximate surface area is 127 Å². The second-order valence-electron chi connectivity index (χ2n) is 5.27. The van der Waals surface area contributed by atoms with Gasteiger partial charge in [-0.3, -0.25) is 10.1 Å². The summed E-state index contributed by atoms with van der Waals surface area (Å²) in [5.74, 6) is 0. The van der Waals surface area contributed by atoms with E-state index in [0.29, 0.717) is 25.3 Å². The topological polar surface area (TPSA) is 72.4 Å². The monoisotopic (exact) mass is 377 g/mol. The van der Waals surface area contributed by atoms with Crippen LogP contribution in [0.1, 0.15) is 20.8 Å². The van der Waals surface area contributed by atoms with Crippen LogP contribution in [0.5, 0.6) is 0 Å². The second-order valence-corrected chi connectivity index (χ2v) is 6.52. The van der Waals surface area contributed by atoms with Crippen LogP contribution in [0, 0.1) is 19.1 Å². The van der Waals surface area contributed by atoms with Gasteiger partial charge in [-0.2, -0.15) is 0 Å². The van der Waals surface area contributed by atoms with Gasteiger partial charge in [0.25, 0.3) is 5.69 Å². The van der Waals surface area contributed by atoms with Gasteiger partial charge in [-0.05, 0) is 53.6 Å². The Morgan fingerprint density at radius 1 is 1.47 bits per heavy atom. The zero-order valence-corrected chi connectivity index (χ0v) is 13.7. The maximum Gasteiger partial charge on any atom is 0.293 e. The molecule has 1 rings (SSSR count). The SMILES string of the molecule is CCN(CC(C)(C)CN)c1ccc(I)cc1[N+](=O)[O-]. The molecule has 0 spiro atoms. The lowest BCUT2D eigenvalue weighted by Crippen LogP contribution is -2.39. The van der Waals surface area contributed by atoms with Crippen molar-refractivity contribution < 1.29 is 4.92 Å². The Kier molecular flexibility index (Phi) is 5.54. The standard InChI is InChI=1S/C13H20IN3O2/c1-4-16(9-13(2,3)8-15)11-6-5-10(14)7-12(11)17(18)19/h5-7H,4,8-9,15H2,1-3H3. The fraction of sp³-hybridized carbons (Fsp3) is 0.538. The zero-order valence-electron chi connectivity index (χ0n) is 11.5. The number of nitrogens with zero attached hydrogens (tertiary/aromatic N) is 2. The molecule has 106 valence electrons. The van der Waals surface area contributed by atoms with Crippen LogP contribution in [0.4, 0.5) is 11.4 Å². The number of nitrogens with two attached hydrogens (primary N) is 1. The van der Waals surface area contributed by atoms with Gasteiger partial charge in [0.2, 0.25) is 0 Å². The van der Waals surface area contributed by atoms with E-state index in [-0.39, 0.29) is 16.0 Å². The smallest absolute Gasteiger partial charge is 0.293 e. The summed E-state index contributed by atoms with van der Waals surface area (Å²) in [5.41, 5.74) is 6.49. The zero-order chi connectivity index (χ0) is 14.6. The van der Waals surface area contributed by atoms with Gasteiger partial charge in [-0.1, -0.05) is 13.8 Å². The summed E-state index contributed by atoms with van der Waals surface area (Å²) in [7, 11) is 0. The molecule has 0 bridgehead atoms. The molecule has 0 atom stereocenters. The molecule has 2 N–H and O–H groups in total. The van der Waals surface area contributed by atoms with Crippen LogP contribution >= 0.6 is 22.6 Å². The third kappa shape index (κ3) is 4.31. The van der Waals surface area contributed by atoms with Crippen molar-refractivity contribution in [3.05, 3.63) is 31.9 Å². The average Bonchev–Trinajstić information content (AvgIpc) is 2.36. The number of rotatable bonds is 6. The largest absolute Gasteiger partial charge is 0.366 e. The molecular weight excluding hydrogens is 357 g/mol. The first-order valence-corrected chi connectivity index (χ1v) is 7.27. The molecule has 0 aliphatic carbocycles. The third-order valence-electron chi connectivity index (χ3n) is 3.03. The first kappa shape index (κ1) is 16.2. The van der Waals surface area contributed by atoms with Crippen molar-refractivity contribution >= 4 is 34.0 Å². The highest BCUT2D eigenvalue weighted by Gasteiger charge is 2.24. The van der Waals surface area contributed by atoms with Crippen molar-refractivity contribution in [3.63, 3.8) is 0 Å². The molecule has 6 heteroatoms. The van der Waals surface area contributed by atoms with Crippen LogP contribution in [-0.4, -0.2) is 24.6 Å². The van der Waals surface area contributed by atoms with Crippen molar-refractivity contribution in [1.29, 1.82) is 0 Å². The van der Waals surface area contributed by atoms with Gasteiger partial charge in [0.05, 0.1) is 4.92 Å². The molecule has 1 aromatic carbocycles. The molecule has 0 aromatic heterocycles. The van der Waals surface area contributed by atoms with Crippen molar-refractivity contribution in [2.75, 3.05) is 24.5 Å². The van der Waals surface area contributed by atoms with Crippen LogP contribution < -0.4 is 10.6 Å². The second kappa shape index (κ2) is 6.51. The Hall–Kier alpha value is -0.890. The summed E-state index contributed by atoms with van der Waals surface area (Å²) < 4.78 is 0.863. The summed E-state index contributed by atoms with van der Waals surface area (Å²) in [6.45, 7) is 8.07. The van der Waals surface area contributed by atoms with Crippen LogP contribution in [0.2, 0.25) is 0 Å². The molecule has 19 heavy (non-hydrogen) atoms. The van der Waals surface area contributed by atoms with E-state index in [2.05, 4.69) is 36.4 Å². The predicted molar refractivity (Wildman–Crippen MR) is 86.5 cm³/mol. The van der Waals surface area contributed by atoms with Crippen molar-refractivity contribution in [2.45, 2.75) is 20.8 Å². The molecule has 0 amide bonds. The first-order chi connectivity index (χ1) is 8.80. The van der Waals surface area contributed by atoms with E-state index in [1.165, 1.54) is 0 Å². The minimum absolute atomic E-state index is 0.0765. The van der Waals surface area contributed by atoms with E-state index in [1.54, 1.807) is 6.07 Å². The Balaban J connectivity index is 3.15. The van der Waals surface area contributed by atoms with Crippen molar-refractivity contribution in [1.82, 2.24) is 0 Å². The van der Waals surface area contributed by atoms with Gasteiger partial charge in [0.15, 0.2) is 0 Å². The molecular formula is C13H20IN3O2. The highest BCUT2D eigenvalue weighted by molar-refractivity contribution is 14.1. The summed E-state index contributed by atoms with van der Waals surface area (Å²) in [6, 6.07) is 5.31. The quantitative estimate of drug-likeness (QED) is 0.470. The summed E-state index contributed by atoms with van der Waals surface area (Å²) in [5, 5.41) is 11.2. The number of nitro groups is 1. The van der Waals surface area contributed by atoms with Gasteiger partial charge in [-0.15, -0.1) is 0 Å². The maximum atomic E-state index is 11.2. The normalized spacial score (nSPS) is 11.4. The van der Waals surface area contributed by atoms with Gasteiger partial charge in [-0.25, -0.2) is 0 Å². The van der Waals surface area contributed by atoms with Crippen LogP contribution in [0.3, 0.4) is 0 Å². The predicted octanol–water partition coefficient (Wildman–Crippen LogP) is 3.01. The number of hydrogen-bond acceptors (Lipinski definition) is 4.